The van der Waals surface area contributed by atoms with Crippen LogP contribution in [0.25, 0.3) is 28.1 Å². The first-order valence-electron chi connectivity index (χ1n) is 9.62. The van der Waals surface area contributed by atoms with Crippen LogP contribution in [0.15, 0.2) is 60.9 Å². The van der Waals surface area contributed by atoms with Crippen molar-refractivity contribution in [2.24, 2.45) is 5.92 Å². The van der Waals surface area contributed by atoms with Gasteiger partial charge in [-0.1, -0.05) is 69.3 Å². The maximum atomic E-state index is 4.38. The molecule has 0 radical (unpaired) electrons. The number of hydrogen-bond acceptors (Lipinski definition) is 3. The van der Waals surface area contributed by atoms with Gasteiger partial charge in [-0.25, -0.2) is 4.98 Å². The van der Waals surface area contributed by atoms with E-state index in [4.69, 9.17) is 0 Å². The smallest absolute Gasteiger partial charge is 0.106 e. The zero-order valence-electron chi connectivity index (χ0n) is 16.1. The molecule has 1 atom stereocenters. The molecule has 4 heteroatoms. The van der Waals surface area contributed by atoms with Crippen LogP contribution in [-0.2, 0) is 6.42 Å². The van der Waals surface area contributed by atoms with Crippen LogP contribution in [0.5, 0.6) is 0 Å². The zero-order chi connectivity index (χ0) is 18.8. The van der Waals surface area contributed by atoms with E-state index in [1.54, 1.807) is 0 Å². The molecule has 3 N–H and O–H groups in total. The Morgan fingerprint density at radius 3 is 2.00 bits per heavy atom. The van der Waals surface area contributed by atoms with Gasteiger partial charge < -0.3 is 15.6 Å². The summed E-state index contributed by atoms with van der Waals surface area (Å²) in [6.45, 7) is 6.52. The lowest BCUT2D eigenvalue weighted by Crippen LogP contribution is -2.36. The van der Waals surface area contributed by atoms with E-state index in [-0.39, 0.29) is 0 Å². The van der Waals surface area contributed by atoms with Gasteiger partial charge in [-0.05, 0) is 28.2 Å². The number of H-pyrrole nitrogens is 1. The van der Waals surface area contributed by atoms with Gasteiger partial charge in [-0.15, -0.1) is 0 Å². The summed E-state index contributed by atoms with van der Waals surface area (Å²) in [5.74, 6) is 1.56. The van der Waals surface area contributed by atoms with Crippen molar-refractivity contribution in [2.45, 2.75) is 33.4 Å². The number of aromatic nitrogens is 2. The fourth-order valence-electron chi connectivity index (χ4n) is 3.32. The fourth-order valence-corrected chi connectivity index (χ4v) is 3.32. The summed E-state index contributed by atoms with van der Waals surface area (Å²) >= 11 is 0. The van der Waals surface area contributed by atoms with E-state index in [2.05, 4.69) is 96.1 Å². The molecule has 138 valence electrons. The minimum Gasteiger partial charge on any atom is -0.369 e. The van der Waals surface area contributed by atoms with Crippen molar-refractivity contribution >= 4 is 5.70 Å². The van der Waals surface area contributed by atoms with Crippen molar-refractivity contribution in [1.29, 1.82) is 0 Å². The SMILES string of the molecule is CCc1ncc(-c2ccc(-c3ccc(C4=CN[C@@H](C(C)C)N4)cc3)cc2)[nH]1. The van der Waals surface area contributed by atoms with Crippen LogP contribution in [-0.4, -0.2) is 16.1 Å². The summed E-state index contributed by atoms with van der Waals surface area (Å²) in [7, 11) is 0. The maximum absolute atomic E-state index is 4.38. The van der Waals surface area contributed by atoms with Gasteiger partial charge in [0.2, 0.25) is 0 Å². The normalized spacial score (nSPS) is 16.1. The Bertz CT molecular complexity index is 933. The summed E-state index contributed by atoms with van der Waals surface area (Å²) in [5.41, 5.74) is 7.02. The zero-order valence-corrected chi connectivity index (χ0v) is 16.1. The van der Waals surface area contributed by atoms with Gasteiger partial charge in [-0.3, -0.25) is 0 Å². The standard InChI is InChI=1S/C23H26N4/c1-4-22-24-13-20(26-22)18-9-5-16(6-10-18)17-7-11-19(12-8-17)21-14-25-23(27-21)15(2)3/h5-15,23,25,27H,4H2,1-3H3,(H,24,26)/t23-/m1/s1. The fraction of sp³-hybridized carbons (Fsp3) is 0.261. The monoisotopic (exact) mass is 358 g/mol. The van der Waals surface area contributed by atoms with Crippen molar-refractivity contribution in [1.82, 2.24) is 20.6 Å². The van der Waals surface area contributed by atoms with E-state index in [9.17, 15) is 0 Å². The molecule has 0 bridgehead atoms. The highest BCUT2D eigenvalue weighted by Gasteiger charge is 2.18. The Kier molecular flexibility index (Phi) is 4.71. The molecule has 0 aliphatic carbocycles. The second-order valence-electron chi connectivity index (χ2n) is 7.34. The molecule has 4 rings (SSSR count). The number of nitrogens with zero attached hydrogens (tertiary/aromatic N) is 1. The average molecular weight is 358 g/mol. The first-order chi connectivity index (χ1) is 13.1. The molecule has 0 spiro atoms. The second kappa shape index (κ2) is 7.31. The van der Waals surface area contributed by atoms with Gasteiger partial charge in [0, 0.05) is 12.6 Å². The van der Waals surface area contributed by atoms with Gasteiger partial charge in [0.1, 0.15) is 5.82 Å². The predicted molar refractivity (Wildman–Crippen MR) is 112 cm³/mol. The quantitative estimate of drug-likeness (QED) is 0.615. The highest BCUT2D eigenvalue weighted by atomic mass is 15.2. The molecule has 1 aliphatic rings. The van der Waals surface area contributed by atoms with Crippen molar-refractivity contribution in [3.05, 3.63) is 72.3 Å². The van der Waals surface area contributed by atoms with Crippen LogP contribution in [0, 0.1) is 5.92 Å². The molecular weight excluding hydrogens is 332 g/mol. The summed E-state index contributed by atoms with van der Waals surface area (Å²) < 4.78 is 0. The van der Waals surface area contributed by atoms with E-state index >= 15 is 0 Å². The lowest BCUT2D eigenvalue weighted by Gasteiger charge is -2.17. The Labute approximate surface area is 160 Å². The third-order valence-corrected chi connectivity index (χ3v) is 5.07. The second-order valence-corrected chi connectivity index (χ2v) is 7.34. The van der Waals surface area contributed by atoms with Crippen molar-refractivity contribution in [2.75, 3.05) is 0 Å². The number of aryl methyl sites for hydroxylation is 1. The van der Waals surface area contributed by atoms with Crippen molar-refractivity contribution in [3.63, 3.8) is 0 Å². The third kappa shape index (κ3) is 3.61. The van der Waals surface area contributed by atoms with E-state index in [0.717, 1.165) is 29.2 Å². The maximum Gasteiger partial charge on any atom is 0.106 e. The van der Waals surface area contributed by atoms with Gasteiger partial charge in [0.15, 0.2) is 0 Å². The minimum absolute atomic E-state index is 0.308. The summed E-state index contributed by atoms with van der Waals surface area (Å²) in [5, 5.41) is 6.94. The van der Waals surface area contributed by atoms with E-state index in [1.807, 2.05) is 6.20 Å². The topological polar surface area (TPSA) is 52.7 Å². The van der Waals surface area contributed by atoms with Gasteiger partial charge in [0.05, 0.1) is 23.8 Å². The number of benzene rings is 2. The largest absolute Gasteiger partial charge is 0.369 e. The highest BCUT2D eigenvalue weighted by molar-refractivity contribution is 5.72. The van der Waals surface area contributed by atoms with Crippen LogP contribution in [0.4, 0.5) is 0 Å². The number of rotatable bonds is 5. The van der Waals surface area contributed by atoms with Gasteiger partial charge >= 0.3 is 0 Å². The molecule has 2 heterocycles. The Hall–Kier alpha value is -3.01. The van der Waals surface area contributed by atoms with Crippen LogP contribution < -0.4 is 10.6 Å². The van der Waals surface area contributed by atoms with E-state index < -0.39 is 0 Å². The van der Waals surface area contributed by atoms with Gasteiger partial charge in [-0.2, -0.15) is 0 Å². The third-order valence-electron chi connectivity index (χ3n) is 5.07. The van der Waals surface area contributed by atoms with E-state index in [0.29, 0.717) is 12.1 Å². The van der Waals surface area contributed by atoms with Crippen molar-refractivity contribution < 1.29 is 0 Å². The Morgan fingerprint density at radius 2 is 1.48 bits per heavy atom. The molecule has 0 saturated carbocycles. The highest BCUT2D eigenvalue weighted by Crippen LogP contribution is 2.26. The molecule has 0 fully saturated rings. The van der Waals surface area contributed by atoms with Crippen molar-refractivity contribution in [3.8, 4) is 22.4 Å². The lowest BCUT2D eigenvalue weighted by atomic mass is 10.0. The molecule has 27 heavy (non-hydrogen) atoms. The van der Waals surface area contributed by atoms with Crippen LogP contribution in [0.2, 0.25) is 0 Å². The van der Waals surface area contributed by atoms with E-state index in [1.165, 1.54) is 16.7 Å². The van der Waals surface area contributed by atoms with Crippen LogP contribution in [0.3, 0.4) is 0 Å². The lowest BCUT2D eigenvalue weighted by molar-refractivity contribution is 0.430. The predicted octanol–water partition coefficient (Wildman–Crippen LogP) is 4.78. The molecule has 0 unspecified atom stereocenters. The molecule has 1 aromatic heterocycles. The Morgan fingerprint density at radius 1 is 0.889 bits per heavy atom. The first kappa shape index (κ1) is 17.4. The number of nitrogens with one attached hydrogen (secondary N) is 3. The number of imidazole rings is 1. The Balaban J connectivity index is 1.49. The molecule has 0 saturated heterocycles. The summed E-state index contributed by atoms with van der Waals surface area (Å²) in [4.78, 5) is 7.74. The molecular formula is C23H26N4. The molecule has 1 aliphatic heterocycles. The van der Waals surface area contributed by atoms with Crippen LogP contribution >= 0.6 is 0 Å². The molecule has 0 amide bonds. The summed E-state index contributed by atoms with van der Waals surface area (Å²) in [6.07, 6.45) is 5.21. The average Bonchev–Trinajstić information content (AvgIpc) is 3.38. The minimum atomic E-state index is 0.308. The molecule has 4 nitrogen and oxygen atoms in total. The molecule has 2 aromatic carbocycles. The van der Waals surface area contributed by atoms with Gasteiger partial charge in [0.25, 0.3) is 0 Å². The number of hydrogen-bond donors (Lipinski definition) is 3. The summed E-state index contributed by atoms with van der Waals surface area (Å²) in [6, 6.07) is 17.3. The van der Waals surface area contributed by atoms with Crippen LogP contribution in [0.1, 0.15) is 32.2 Å². The molecule has 3 aromatic rings. The first-order valence-corrected chi connectivity index (χ1v) is 9.62. The number of aromatic amines is 1.